The average molecular weight is 448 g/mol. The first-order valence-electron chi connectivity index (χ1n) is 11.4. The maximum absolute atomic E-state index is 14.3. The van der Waals surface area contributed by atoms with E-state index in [0.29, 0.717) is 23.6 Å². The van der Waals surface area contributed by atoms with Gasteiger partial charge < -0.3 is 15.0 Å². The van der Waals surface area contributed by atoms with Crippen LogP contribution in [0, 0.1) is 5.82 Å². The number of hydrogen-bond donors (Lipinski definition) is 1. The third-order valence-corrected chi connectivity index (χ3v) is 6.65. The number of benzene rings is 2. The molecule has 0 radical (unpaired) electrons. The Hall–Kier alpha value is -3.25. The van der Waals surface area contributed by atoms with Gasteiger partial charge in [0.05, 0.1) is 0 Å². The molecule has 0 spiro atoms. The Labute approximate surface area is 194 Å². The van der Waals surface area contributed by atoms with Crippen LogP contribution >= 0.6 is 0 Å². The molecule has 33 heavy (non-hydrogen) atoms. The van der Waals surface area contributed by atoms with Crippen molar-refractivity contribution in [2.75, 3.05) is 14.1 Å². The number of nitrogens with one attached hydrogen (secondary N) is 1. The van der Waals surface area contributed by atoms with Crippen molar-refractivity contribution in [1.29, 1.82) is 0 Å². The Bertz CT molecular complexity index is 1080. The highest BCUT2D eigenvalue weighted by Gasteiger charge is 2.38. The van der Waals surface area contributed by atoms with Gasteiger partial charge in [0, 0.05) is 17.8 Å². The molecular formula is C27H30FN3O2. The number of ether oxygens (including phenoxy) is 1. The van der Waals surface area contributed by atoms with Gasteiger partial charge >= 0.3 is 0 Å². The summed E-state index contributed by atoms with van der Waals surface area (Å²) in [6, 6.07) is 19.8. The van der Waals surface area contributed by atoms with Gasteiger partial charge in [-0.1, -0.05) is 36.4 Å². The monoisotopic (exact) mass is 447 g/mol. The molecule has 2 aromatic carbocycles. The van der Waals surface area contributed by atoms with Crippen LogP contribution in [0.25, 0.3) is 0 Å². The minimum absolute atomic E-state index is 0.0518. The fourth-order valence-electron chi connectivity index (χ4n) is 4.59. The normalized spacial score (nSPS) is 20.4. The molecule has 0 atom stereocenters. The zero-order chi connectivity index (χ0) is 23.3. The van der Waals surface area contributed by atoms with Gasteiger partial charge in [-0.05, 0) is 82.1 Å². The first kappa shape index (κ1) is 22.9. The first-order valence-corrected chi connectivity index (χ1v) is 11.4. The maximum Gasteiger partial charge on any atom is 0.257 e. The number of carbonyl (C=O) groups is 1. The Balaban J connectivity index is 1.42. The van der Waals surface area contributed by atoms with Gasteiger partial charge in [-0.2, -0.15) is 0 Å². The molecule has 4 rings (SSSR count). The second-order valence-electron chi connectivity index (χ2n) is 8.91. The second kappa shape index (κ2) is 10.1. The van der Waals surface area contributed by atoms with Crippen LogP contribution in [0.4, 0.5) is 4.39 Å². The number of likely N-dealkylation sites (N-methyl/N-ethyl adjacent to an activating group) is 1. The molecule has 1 aliphatic rings. The smallest absolute Gasteiger partial charge is 0.257 e. The van der Waals surface area contributed by atoms with Crippen molar-refractivity contribution < 1.29 is 13.9 Å². The van der Waals surface area contributed by atoms with E-state index in [1.807, 2.05) is 42.5 Å². The van der Waals surface area contributed by atoms with Crippen LogP contribution in [-0.4, -0.2) is 41.5 Å². The maximum atomic E-state index is 14.3. The fourth-order valence-corrected chi connectivity index (χ4v) is 4.59. The number of hydrogen-bond acceptors (Lipinski definition) is 4. The number of aromatic nitrogens is 1. The molecule has 0 saturated heterocycles. The highest BCUT2D eigenvalue weighted by atomic mass is 19.1. The zero-order valence-electron chi connectivity index (χ0n) is 19.1. The minimum atomic E-state index is -0.189. The lowest BCUT2D eigenvalue weighted by atomic mass is 9.74. The molecule has 1 saturated carbocycles. The summed E-state index contributed by atoms with van der Waals surface area (Å²) in [5, 5.41) is 3.16. The van der Waals surface area contributed by atoms with E-state index in [4.69, 9.17) is 4.74 Å². The van der Waals surface area contributed by atoms with Crippen molar-refractivity contribution in [3.63, 3.8) is 0 Å². The van der Waals surface area contributed by atoms with Gasteiger partial charge in [0.15, 0.2) is 0 Å². The zero-order valence-corrected chi connectivity index (χ0v) is 19.1. The number of nitrogens with zero attached hydrogens (tertiary/aromatic N) is 2. The predicted molar refractivity (Wildman–Crippen MR) is 127 cm³/mol. The molecule has 1 N–H and O–H groups in total. The van der Waals surface area contributed by atoms with Crippen molar-refractivity contribution >= 4 is 5.91 Å². The molecule has 0 unspecified atom stereocenters. The number of para-hydroxylation sites is 1. The Kier molecular flexibility index (Phi) is 7.04. The second-order valence-corrected chi connectivity index (χ2v) is 8.91. The van der Waals surface area contributed by atoms with Crippen LogP contribution in [0.1, 0.15) is 41.6 Å². The molecule has 1 aliphatic carbocycles. The topological polar surface area (TPSA) is 54.5 Å². The van der Waals surface area contributed by atoms with Gasteiger partial charge in [-0.15, -0.1) is 0 Å². The summed E-state index contributed by atoms with van der Waals surface area (Å²) in [5.41, 5.74) is 1.03. The average Bonchev–Trinajstić information content (AvgIpc) is 2.83. The molecule has 6 heteroatoms. The van der Waals surface area contributed by atoms with Crippen LogP contribution < -0.4 is 10.1 Å². The first-order chi connectivity index (χ1) is 16.0. The Morgan fingerprint density at radius 2 is 1.76 bits per heavy atom. The molecule has 1 amide bonds. The molecule has 0 bridgehead atoms. The van der Waals surface area contributed by atoms with Crippen molar-refractivity contribution in [3.05, 3.63) is 89.9 Å². The summed E-state index contributed by atoms with van der Waals surface area (Å²) in [4.78, 5) is 19.5. The van der Waals surface area contributed by atoms with Crippen molar-refractivity contribution in [2.24, 2.45) is 0 Å². The van der Waals surface area contributed by atoms with Crippen molar-refractivity contribution in [1.82, 2.24) is 15.2 Å². The third kappa shape index (κ3) is 5.40. The largest absolute Gasteiger partial charge is 0.438 e. The van der Waals surface area contributed by atoms with Crippen LogP contribution in [0.2, 0.25) is 0 Å². The van der Waals surface area contributed by atoms with Crippen LogP contribution in [0.3, 0.4) is 0 Å². The summed E-state index contributed by atoms with van der Waals surface area (Å²) in [6.45, 7) is 0. The van der Waals surface area contributed by atoms with E-state index in [1.54, 1.807) is 24.4 Å². The molecule has 1 fully saturated rings. The fraction of sp³-hybridized carbons (Fsp3) is 0.333. The number of halogens is 1. The number of pyridine rings is 1. The molecular weight excluding hydrogens is 417 g/mol. The SMILES string of the molecule is CN(C)C1(Cc2ccccc2F)CCC(NC(=O)c2cccnc2Oc2ccccc2)CC1. The van der Waals surface area contributed by atoms with Gasteiger partial charge in [-0.3, -0.25) is 4.79 Å². The van der Waals surface area contributed by atoms with Gasteiger partial charge in [0.1, 0.15) is 17.1 Å². The van der Waals surface area contributed by atoms with Crippen molar-refractivity contribution in [2.45, 2.75) is 43.7 Å². The minimum Gasteiger partial charge on any atom is -0.438 e. The molecule has 172 valence electrons. The Morgan fingerprint density at radius 3 is 2.45 bits per heavy atom. The number of carbonyl (C=O) groups excluding carboxylic acids is 1. The summed E-state index contributed by atoms with van der Waals surface area (Å²) >= 11 is 0. The van der Waals surface area contributed by atoms with E-state index >= 15 is 0 Å². The van der Waals surface area contributed by atoms with Gasteiger partial charge in [-0.25, -0.2) is 9.37 Å². The lowest BCUT2D eigenvalue weighted by Gasteiger charge is -2.45. The van der Waals surface area contributed by atoms with Gasteiger partial charge in [0.25, 0.3) is 5.91 Å². The molecule has 0 aliphatic heterocycles. The molecule has 5 nitrogen and oxygen atoms in total. The van der Waals surface area contributed by atoms with E-state index in [9.17, 15) is 9.18 Å². The Morgan fingerprint density at radius 1 is 1.06 bits per heavy atom. The lowest BCUT2D eigenvalue weighted by Crippen LogP contribution is -2.52. The lowest BCUT2D eigenvalue weighted by molar-refractivity contribution is 0.0763. The number of rotatable bonds is 7. The van der Waals surface area contributed by atoms with Crippen molar-refractivity contribution in [3.8, 4) is 11.6 Å². The molecule has 1 heterocycles. The van der Waals surface area contributed by atoms with E-state index in [0.717, 1.165) is 31.2 Å². The summed E-state index contributed by atoms with van der Waals surface area (Å²) in [5.74, 6) is 0.577. The molecule has 1 aromatic heterocycles. The van der Waals surface area contributed by atoms with E-state index < -0.39 is 0 Å². The van der Waals surface area contributed by atoms with E-state index in [-0.39, 0.29) is 23.3 Å². The van der Waals surface area contributed by atoms with Gasteiger partial charge in [0.2, 0.25) is 5.88 Å². The van der Waals surface area contributed by atoms with Crippen LogP contribution in [0.15, 0.2) is 72.9 Å². The quantitative estimate of drug-likeness (QED) is 0.539. The van der Waals surface area contributed by atoms with Crippen LogP contribution in [0.5, 0.6) is 11.6 Å². The molecule has 3 aromatic rings. The highest BCUT2D eigenvalue weighted by molar-refractivity contribution is 5.96. The summed E-state index contributed by atoms with van der Waals surface area (Å²) in [7, 11) is 4.12. The van der Waals surface area contributed by atoms with Crippen LogP contribution in [-0.2, 0) is 6.42 Å². The summed E-state index contributed by atoms with van der Waals surface area (Å²) < 4.78 is 20.2. The summed E-state index contributed by atoms with van der Waals surface area (Å²) in [6.07, 6.45) is 5.68. The third-order valence-electron chi connectivity index (χ3n) is 6.65. The van der Waals surface area contributed by atoms with E-state index in [1.165, 1.54) is 6.07 Å². The number of amides is 1. The van der Waals surface area contributed by atoms with E-state index in [2.05, 4.69) is 29.3 Å². The standard InChI is InChI=1S/C27H30FN3O2/c1-31(2)27(19-20-9-6-7-13-24(20)28)16-14-21(15-17-27)30-25(32)23-12-8-18-29-26(23)33-22-10-4-3-5-11-22/h3-13,18,21H,14-17,19H2,1-2H3,(H,30,32). The predicted octanol–water partition coefficient (Wildman–Crippen LogP) is 5.23. The highest BCUT2D eigenvalue weighted by Crippen LogP contribution is 2.36.